The van der Waals surface area contributed by atoms with Gasteiger partial charge in [-0.2, -0.15) is 0 Å². The lowest BCUT2D eigenvalue weighted by Gasteiger charge is -2.26. The average Bonchev–Trinajstić information content (AvgIpc) is 3.33. The monoisotopic (exact) mass is 969 g/mol. The number of nitrogens with zero attached hydrogens (tertiary/aromatic N) is 2. The van der Waals surface area contributed by atoms with Crippen molar-refractivity contribution in [3.63, 3.8) is 0 Å². The first-order chi connectivity index (χ1) is 33.1. The molecule has 0 saturated heterocycles. The van der Waals surface area contributed by atoms with Gasteiger partial charge in [0.2, 0.25) is 0 Å². The summed E-state index contributed by atoms with van der Waals surface area (Å²) < 4.78 is 34.5. The van der Waals surface area contributed by atoms with Crippen LogP contribution in [0.2, 0.25) is 0 Å². The molecule has 0 bridgehead atoms. The van der Waals surface area contributed by atoms with Gasteiger partial charge in [-0.25, -0.2) is 9.59 Å². The molecule has 0 saturated carbocycles. The fourth-order valence-corrected chi connectivity index (χ4v) is 8.61. The minimum Gasteiger partial charge on any atom is -0.465 e. The quantitative estimate of drug-likeness (QED) is 0.0327. The van der Waals surface area contributed by atoms with Gasteiger partial charge in [-0.05, 0) is 89.1 Å². The fraction of sp³-hybridized carbons (Fsp3) is 0.929. The highest BCUT2D eigenvalue weighted by Gasteiger charge is 2.22. The SMILES string of the molecule is CCCCCCC(CCC(=O)OCC(CCCCC)CCCCC)OC(=O)OCCN(CCOC(=O)OC(CCCCCC)CCC(=O)OCC(CCCCC)CCCCC)CCN(CC)CC. The maximum absolute atomic E-state index is 13.1. The standard InChI is InChI=1S/C56H108N2O10/c1-9-17-23-29-35-51(37-39-53(59)65-47-49(31-25-19-11-3)32-26-20-12-4)67-55(61)63-45-43-58(42-41-57(15-7)16-8)44-46-64-56(62)68-52(36-30-24-18-10-2)38-40-54(60)66-48-50(33-27-21-13-5)34-28-22-14-6/h49-52H,9-48H2,1-8H3. The highest BCUT2D eigenvalue weighted by Crippen LogP contribution is 2.22. The van der Waals surface area contributed by atoms with Crippen molar-refractivity contribution in [2.75, 3.05) is 65.7 Å². The Balaban J connectivity index is 5.34. The third-order valence-corrected chi connectivity index (χ3v) is 13.3. The molecule has 2 unspecified atom stereocenters. The molecule has 0 aromatic carbocycles. The summed E-state index contributed by atoms with van der Waals surface area (Å²) in [6.45, 7) is 22.7. The zero-order chi connectivity index (χ0) is 50.3. The molecule has 0 radical (unpaired) electrons. The van der Waals surface area contributed by atoms with Crippen LogP contribution in [0.3, 0.4) is 0 Å². The van der Waals surface area contributed by atoms with Crippen molar-refractivity contribution >= 4 is 24.2 Å². The van der Waals surface area contributed by atoms with Crippen LogP contribution in [0.1, 0.15) is 248 Å². The van der Waals surface area contributed by atoms with Gasteiger partial charge in [0, 0.05) is 39.0 Å². The van der Waals surface area contributed by atoms with Gasteiger partial charge in [-0.1, -0.05) is 171 Å². The summed E-state index contributed by atoms with van der Waals surface area (Å²) in [4.78, 5) is 56.4. The van der Waals surface area contributed by atoms with E-state index in [-0.39, 0.29) is 38.0 Å². The van der Waals surface area contributed by atoms with Gasteiger partial charge in [0.25, 0.3) is 0 Å². The second-order valence-electron chi connectivity index (χ2n) is 19.4. The van der Waals surface area contributed by atoms with Crippen LogP contribution in [0.4, 0.5) is 9.59 Å². The van der Waals surface area contributed by atoms with E-state index >= 15 is 0 Å². The summed E-state index contributed by atoms with van der Waals surface area (Å²) in [6, 6.07) is 0. The van der Waals surface area contributed by atoms with Crippen LogP contribution in [-0.2, 0) is 38.0 Å². The van der Waals surface area contributed by atoms with Gasteiger partial charge >= 0.3 is 24.2 Å². The predicted molar refractivity (Wildman–Crippen MR) is 278 cm³/mol. The Morgan fingerprint density at radius 1 is 0.353 bits per heavy atom. The highest BCUT2D eigenvalue weighted by molar-refractivity contribution is 5.70. The Labute approximate surface area is 418 Å². The summed E-state index contributed by atoms with van der Waals surface area (Å²) in [7, 11) is 0. The minimum atomic E-state index is -0.734. The molecule has 0 aliphatic rings. The minimum absolute atomic E-state index is 0.109. The fourth-order valence-electron chi connectivity index (χ4n) is 8.61. The molecule has 0 rings (SSSR count). The summed E-state index contributed by atoms with van der Waals surface area (Å²) in [5.74, 6) is 0.329. The van der Waals surface area contributed by atoms with Gasteiger partial charge in [-0.15, -0.1) is 0 Å². The van der Waals surface area contributed by atoms with Crippen molar-refractivity contribution in [2.24, 2.45) is 11.8 Å². The van der Waals surface area contributed by atoms with Gasteiger partial charge in [0.05, 0.1) is 13.2 Å². The number of likely N-dealkylation sites (N-methyl/N-ethyl adjacent to an activating group) is 1. The van der Waals surface area contributed by atoms with Crippen LogP contribution in [0.25, 0.3) is 0 Å². The second-order valence-corrected chi connectivity index (χ2v) is 19.4. The molecule has 0 spiro atoms. The molecule has 0 aliphatic heterocycles. The third-order valence-electron chi connectivity index (χ3n) is 13.3. The Hall–Kier alpha value is -2.60. The molecular formula is C56H108N2O10. The summed E-state index contributed by atoms with van der Waals surface area (Å²) in [6.07, 6.45) is 27.1. The molecule has 2 atom stereocenters. The van der Waals surface area contributed by atoms with Crippen molar-refractivity contribution in [2.45, 2.75) is 260 Å². The van der Waals surface area contributed by atoms with E-state index in [9.17, 15) is 19.2 Å². The number of carbonyl (C=O) groups excluding carboxylic acids is 4. The largest absolute Gasteiger partial charge is 0.508 e. The Morgan fingerprint density at radius 3 is 1.01 bits per heavy atom. The van der Waals surface area contributed by atoms with E-state index in [1.165, 1.54) is 51.4 Å². The van der Waals surface area contributed by atoms with E-state index < -0.39 is 24.5 Å². The van der Waals surface area contributed by atoms with E-state index in [1.54, 1.807) is 0 Å². The number of esters is 2. The normalized spacial score (nSPS) is 12.5. The Kier molecular flexibility index (Phi) is 46.2. The zero-order valence-electron chi connectivity index (χ0n) is 45.6. The number of hydrogen-bond acceptors (Lipinski definition) is 12. The molecule has 0 aromatic rings. The number of carbonyl (C=O) groups is 4. The summed E-state index contributed by atoms with van der Waals surface area (Å²) >= 11 is 0. The van der Waals surface area contributed by atoms with E-state index in [1.807, 2.05) is 0 Å². The molecule has 0 heterocycles. The molecule has 0 aliphatic carbocycles. The molecule has 402 valence electrons. The van der Waals surface area contributed by atoms with Gasteiger partial charge in [0.15, 0.2) is 0 Å². The van der Waals surface area contributed by atoms with Crippen molar-refractivity contribution in [1.29, 1.82) is 0 Å². The smallest absolute Gasteiger partial charge is 0.465 e. The first kappa shape index (κ1) is 65.4. The lowest BCUT2D eigenvalue weighted by atomic mass is 9.96. The van der Waals surface area contributed by atoms with E-state index in [0.29, 0.717) is 70.4 Å². The summed E-state index contributed by atoms with van der Waals surface area (Å²) in [5.41, 5.74) is 0. The summed E-state index contributed by atoms with van der Waals surface area (Å²) in [5, 5.41) is 0. The van der Waals surface area contributed by atoms with Crippen molar-refractivity contribution in [3.05, 3.63) is 0 Å². The first-order valence-corrected chi connectivity index (χ1v) is 28.5. The number of unbranched alkanes of at least 4 members (excludes halogenated alkanes) is 14. The third kappa shape index (κ3) is 40.2. The molecule has 0 N–H and O–H groups in total. The van der Waals surface area contributed by atoms with Crippen molar-refractivity contribution in [3.8, 4) is 0 Å². The molecule has 0 fully saturated rings. The van der Waals surface area contributed by atoms with Gasteiger partial charge < -0.3 is 33.3 Å². The second kappa shape index (κ2) is 48.0. The Morgan fingerprint density at radius 2 is 0.676 bits per heavy atom. The van der Waals surface area contributed by atoms with Gasteiger partial charge in [0.1, 0.15) is 25.4 Å². The molecule has 12 heteroatoms. The van der Waals surface area contributed by atoms with Crippen molar-refractivity contribution in [1.82, 2.24) is 9.80 Å². The van der Waals surface area contributed by atoms with Crippen LogP contribution in [0.15, 0.2) is 0 Å². The molecule has 0 aromatic heterocycles. The zero-order valence-corrected chi connectivity index (χ0v) is 45.6. The number of ether oxygens (including phenoxy) is 6. The van der Waals surface area contributed by atoms with E-state index in [2.05, 4.69) is 65.2 Å². The lowest BCUT2D eigenvalue weighted by Crippen LogP contribution is -2.39. The lowest BCUT2D eigenvalue weighted by molar-refractivity contribution is -0.146. The number of hydrogen-bond donors (Lipinski definition) is 0. The van der Waals surface area contributed by atoms with Crippen LogP contribution in [0, 0.1) is 11.8 Å². The molecule has 12 nitrogen and oxygen atoms in total. The maximum atomic E-state index is 13.1. The van der Waals surface area contributed by atoms with Crippen LogP contribution >= 0.6 is 0 Å². The molecular weight excluding hydrogens is 861 g/mol. The predicted octanol–water partition coefficient (Wildman–Crippen LogP) is 14.8. The van der Waals surface area contributed by atoms with Crippen LogP contribution in [0.5, 0.6) is 0 Å². The van der Waals surface area contributed by atoms with E-state index in [4.69, 9.17) is 28.4 Å². The van der Waals surface area contributed by atoms with Crippen molar-refractivity contribution < 1.29 is 47.6 Å². The average molecular weight is 969 g/mol. The molecule has 0 amide bonds. The Bertz CT molecular complexity index is 1070. The molecule has 68 heavy (non-hydrogen) atoms. The van der Waals surface area contributed by atoms with Gasteiger partial charge in [-0.3, -0.25) is 14.5 Å². The topological polar surface area (TPSA) is 130 Å². The van der Waals surface area contributed by atoms with E-state index in [0.717, 1.165) is 122 Å². The van der Waals surface area contributed by atoms with Crippen LogP contribution < -0.4 is 0 Å². The van der Waals surface area contributed by atoms with Crippen LogP contribution in [-0.4, -0.2) is 112 Å². The first-order valence-electron chi connectivity index (χ1n) is 28.5. The number of rotatable bonds is 49. The maximum Gasteiger partial charge on any atom is 0.508 e. The highest BCUT2D eigenvalue weighted by atomic mass is 16.7.